The number of aromatic nitrogens is 2. The molecule has 0 amide bonds. The number of ether oxygens (including phenoxy) is 1. The summed E-state index contributed by atoms with van der Waals surface area (Å²) in [5, 5.41) is 0.909. The molecular formula is C26H33N3O3S2. The van der Waals surface area contributed by atoms with Gasteiger partial charge in [0.1, 0.15) is 0 Å². The van der Waals surface area contributed by atoms with Crippen LogP contribution in [-0.2, 0) is 27.1 Å². The number of hydrogen-bond acceptors (Lipinski definition) is 5. The van der Waals surface area contributed by atoms with Crippen LogP contribution in [0.25, 0.3) is 11.0 Å². The minimum Gasteiger partial charge on any atom is -0.376 e. The lowest BCUT2D eigenvalue weighted by Crippen LogP contribution is -2.39. The molecule has 2 fully saturated rings. The summed E-state index contributed by atoms with van der Waals surface area (Å²) >= 11 is 1.69. The van der Waals surface area contributed by atoms with Crippen LogP contribution in [-0.4, -0.2) is 48.1 Å². The number of piperidine rings is 1. The molecule has 182 valence electrons. The molecule has 3 aromatic rings. The van der Waals surface area contributed by atoms with E-state index in [2.05, 4.69) is 42.7 Å². The molecule has 2 saturated heterocycles. The molecule has 8 heteroatoms. The lowest BCUT2D eigenvalue weighted by atomic mass is 10.0. The van der Waals surface area contributed by atoms with Crippen molar-refractivity contribution < 1.29 is 13.2 Å². The van der Waals surface area contributed by atoms with Gasteiger partial charge in [-0.05, 0) is 62.3 Å². The predicted octanol–water partition coefficient (Wildman–Crippen LogP) is 5.24. The van der Waals surface area contributed by atoms with Crippen molar-refractivity contribution in [2.45, 2.75) is 68.0 Å². The van der Waals surface area contributed by atoms with Gasteiger partial charge < -0.3 is 9.30 Å². The molecule has 2 aliphatic rings. The van der Waals surface area contributed by atoms with Crippen LogP contribution in [0.3, 0.4) is 0 Å². The first-order chi connectivity index (χ1) is 16.4. The third-order valence-electron chi connectivity index (χ3n) is 6.84. The quantitative estimate of drug-likeness (QED) is 0.416. The molecule has 2 aliphatic heterocycles. The molecule has 0 unspecified atom stereocenters. The Hall–Kier alpha value is -1.87. The molecule has 0 N–H and O–H groups in total. The van der Waals surface area contributed by atoms with E-state index in [4.69, 9.17) is 9.72 Å². The molecule has 2 aromatic carbocycles. The van der Waals surface area contributed by atoms with Crippen molar-refractivity contribution in [1.29, 1.82) is 0 Å². The Balaban J connectivity index is 1.46. The highest BCUT2D eigenvalue weighted by Crippen LogP contribution is 2.31. The number of rotatable bonds is 7. The van der Waals surface area contributed by atoms with Crippen LogP contribution in [0.5, 0.6) is 0 Å². The highest BCUT2D eigenvalue weighted by molar-refractivity contribution is 7.98. The molecule has 1 aromatic heterocycles. The van der Waals surface area contributed by atoms with Gasteiger partial charge in [-0.1, -0.05) is 48.5 Å². The van der Waals surface area contributed by atoms with Crippen LogP contribution >= 0.6 is 11.8 Å². The van der Waals surface area contributed by atoms with Gasteiger partial charge in [0.2, 0.25) is 10.0 Å². The van der Waals surface area contributed by atoms with E-state index < -0.39 is 10.0 Å². The summed E-state index contributed by atoms with van der Waals surface area (Å²) in [5.41, 5.74) is 4.19. The van der Waals surface area contributed by atoms with Gasteiger partial charge in [-0.3, -0.25) is 0 Å². The molecule has 0 radical (unpaired) electrons. The Bertz CT molecular complexity index is 1250. The lowest BCUT2D eigenvalue weighted by molar-refractivity contribution is 0.0960. The lowest BCUT2D eigenvalue weighted by Gasteiger charge is -2.30. The zero-order valence-corrected chi connectivity index (χ0v) is 21.6. The summed E-state index contributed by atoms with van der Waals surface area (Å²) in [6.45, 7) is 6.94. The summed E-state index contributed by atoms with van der Waals surface area (Å²) in [6.07, 6.45) is 4.30. The Morgan fingerprint density at radius 2 is 1.94 bits per heavy atom. The molecule has 0 saturated carbocycles. The third-order valence-corrected chi connectivity index (χ3v) is 9.75. The number of nitrogens with zero attached hydrogens (tertiary/aromatic N) is 3. The Morgan fingerprint density at radius 1 is 1.12 bits per heavy atom. The SMILES string of the molecule is Cc1ccc(CSc2nc3cc(S(=O)(=O)N4CCC[C@H](C)C4)ccc3n2C[C@@H]2CCCO2)cc1. The average Bonchev–Trinajstić information content (AvgIpc) is 3.46. The van der Waals surface area contributed by atoms with Crippen LogP contribution in [0.15, 0.2) is 52.5 Å². The van der Waals surface area contributed by atoms with Crippen molar-refractivity contribution >= 4 is 32.8 Å². The van der Waals surface area contributed by atoms with Crippen LogP contribution in [0.1, 0.15) is 43.7 Å². The number of hydrogen-bond donors (Lipinski definition) is 0. The highest BCUT2D eigenvalue weighted by atomic mass is 32.2. The van der Waals surface area contributed by atoms with Crippen molar-refractivity contribution in [2.24, 2.45) is 5.92 Å². The summed E-state index contributed by atoms with van der Waals surface area (Å²) in [4.78, 5) is 5.25. The number of aryl methyl sites for hydroxylation is 1. The first-order valence-corrected chi connectivity index (χ1v) is 14.6. The molecule has 2 atom stereocenters. The fourth-order valence-electron chi connectivity index (χ4n) is 4.87. The van der Waals surface area contributed by atoms with Gasteiger partial charge in [0, 0.05) is 25.4 Å². The summed E-state index contributed by atoms with van der Waals surface area (Å²) in [5.74, 6) is 1.20. The Labute approximate surface area is 206 Å². The number of sulfonamides is 1. The maximum Gasteiger partial charge on any atom is 0.243 e. The monoisotopic (exact) mass is 499 g/mol. The van der Waals surface area contributed by atoms with Crippen molar-refractivity contribution in [3.63, 3.8) is 0 Å². The second-order valence-corrected chi connectivity index (χ2v) is 12.6. The van der Waals surface area contributed by atoms with E-state index in [-0.39, 0.29) is 6.10 Å². The van der Waals surface area contributed by atoms with E-state index >= 15 is 0 Å². The fourth-order valence-corrected chi connectivity index (χ4v) is 7.47. The molecule has 0 aliphatic carbocycles. The molecular weight excluding hydrogens is 466 g/mol. The Kier molecular flexibility index (Phi) is 7.02. The third kappa shape index (κ3) is 5.05. The normalized spacial score (nSPS) is 21.9. The first kappa shape index (κ1) is 23.9. The van der Waals surface area contributed by atoms with Crippen LogP contribution in [0, 0.1) is 12.8 Å². The van der Waals surface area contributed by atoms with Gasteiger partial charge >= 0.3 is 0 Å². The minimum absolute atomic E-state index is 0.175. The second kappa shape index (κ2) is 10.0. The van der Waals surface area contributed by atoms with E-state index in [9.17, 15) is 8.42 Å². The zero-order chi connectivity index (χ0) is 23.7. The van der Waals surface area contributed by atoms with Crippen LogP contribution in [0.4, 0.5) is 0 Å². The molecule has 6 nitrogen and oxygen atoms in total. The standard InChI is InChI=1S/C26H33N3O3S2/c1-19-7-9-21(10-8-19)18-33-26-27-24-15-23(34(30,31)28-13-3-5-20(2)16-28)11-12-25(24)29(26)17-22-6-4-14-32-22/h7-12,15,20,22H,3-6,13-14,16-18H2,1-2H3/t20-,22-/m0/s1. The van der Waals surface area contributed by atoms with Crippen LogP contribution < -0.4 is 0 Å². The second-order valence-electron chi connectivity index (χ2n) is 9.68. The largest absolute Gasteiger partial charge is 0.376 e. The van der Waals surface area contributed by atoms with E-state index in [0.717, 1.165) is 60.8 Å². The predicted molar refractivity (Wildman–Crippen MR) is 137 cm³/mol. The number of thioether (sulfide) groups is 1. The van der Waals surface area contributed by atoms with Gasteiger partial charge in [0.05, 0.1) is 28.6 Å². The van der Waals surface area contributed by atoms with E-state index in [1.807, 2.05) is 6.07 Å². The van der Waals surface area contributed by atoms with E-state index in [1.54, 1.807) is 28.2 Å². The van der Waals surface area contributed by atoms with Crippen molar-refractivity contribution in [1.82, 2.24) is 13.9 Å². The van der Waals surface area contributed by atoms with Gasteiger partial charge in [-0.2, -0.15) is 4.31 Å². The van der Waals surface area contributed by atoms with Crippen molar-refractivity contribution in [3.8, 4) is 0 Å². The van der Waals surface area contributed by atoms with Gasteiger partial charge in [-0.25, -0.2) is 13.4 Å². The molecule has 3 heterocycles. The maximum atomic E-state index is 13.4. The smallest absolute Gasteiger partial charge is 0.243 e. The highest BCUT2D eigenvalue weighted by Gasteiger charge is 2.29. The minimum atomic E-state index is -3.52. The van der Waals surface area contributed by atoms with Gasteiger partial charge in [0.15, 0.2) is 5.16 Å². The average molecular weight is 500 g/mol. The molecule has 0 spiro atoms. The van der Waals surface area contributed by atoms with Gasteiger partial charge in [-0.15, -0.1) is 0 Å². The maximum absolute atomic E-state index is 13.4. The van der Waals surface area contributed by atoms with E-state index in [0.29, 0.717) is 23.9 Å². The van der Waals surface area contributed by atoms with Crippen LogP contribution in [0.2, 0.25) is 0 Å². The summed E-state index contributed by atoms with van der Waals surface area (Å²) in [6, 6.07) is 14.0. The molecule has 34 heavy (non-hydrogen) atoms. The summed E-state index contributed by atoms with van der Waals surface area (Å²) in [7, 11) is -3.52. The number of fused-ring (bicyclic) bond motifs is 1. The summed E-state index contributed by atoms with van der Waals surface area (Å²) < 4.78 is 36.5. The van der Waals surface area contributed by atoms with Crippen molar-refractivity contribution in [2.75, 3.05) is 19.7 Å². The topological polar surface area (TPSA) is 64.4 Å². The molecule has 0 bridgehead atoms. The Morgan fingerprint density at radius 3 is 2.68 bits per heavy atom. The van der Waals surface area contributed by atoms with Crippen molar-refractivity contribution in [3.05, 3.63) is 53.6 Å². The van der Waals surface area contributed by atoms with Gasteiger partial charge in [0.25, 0.3) is 0 Å². The first-order valence-electron chi connectivity index (χ1n) is 12.2. The molecule has 5 rings (SSSR count). The number of imidazole rings is 1. The van der Waals surface area contributed by atoms with E-state index in [1.165, 1.54) is 11.1 Å². The fraction of sp³-hybridized carbons (Fsp3) is 0.500. The zero-order valence-electron chi connectivity index (χ0n) is 19.9. The number of benzene rings is 2.